The van der Waals surface area contributed by atoms with E-state index in [2.05, 4.69) is 106 Å². The fourth-order valence-corrected chi connectivity index (χ4v) is 6.16. The third kappa shape index (κ3) is 5.05. The predicted molar refractivity (Wildman–Crippen MR) is 170 cm³/mol. The minimum Gasteiger partial charge on any atom is -0.497 e. The highest BCUT2D eigenvalue weighted by Gasteiger charge is 2.19. The molecule has 194 valence electrons. The van der Waals surface area contributed by atoms with Crippen LogP contribution in [0.5, 0.6) is 5.75 Å². The molecule has 0 saturated carbocycles. The quantitative estimate of drug-likeness (QED) is 0.113. The zero-order chi connectivity index (χ0) is 26.9. The van der Waals surface area contributed by atoms with E-state index in [9.17, 15) is 0 Å². The van der Waals surface area contributed by atoms with Crippen molar-refractivity contribution in [3.05, 3.63) is 77.4 Å². The Bertz CT molecular complexity index is 1640. The Morgan fingerprint density at radius 3 is 1.82 bits per heavy atom. The molecule has 0 N–H and O–H groups in total. The molecule has 0 saturated heterocycles. The van der Waals surface area contributed by atoms with E-state index in [0.717, 1.165) is 18.6 Å². The molecule has 0 unspecified atom stereocenters. The number of methoxy groups -OCH3 is 1. The minimum atomic E-state index is -1.50. The molecule has 38 heavy (non-hydrogen) atoms. The average molecular weight is 517 g/mol. The maximum atomic E-state index is 5.46. The van der Waals surface area contributed by atoms with E-state index in [1.807, 2.05) is 0 Å². The summed E-state index contributed by atoms with van der Waals surface area (Å²) in [5.74, 6) is 4.55. The first-order valence-corrected chi connectivity index (χ1v) is 17.8. The van der Waals surface area contributed by atoms with Gasteiger partial charge in [-0.3, -0.25) is 0 Å². The second-order valence-corrected chi connectivity index (χ2v) is 16.4. The molecule has 0 radical (unpaired) electrons. The lowest BCUT2D eigenvalue weighted by atomic mass is 9.83. The summed E-state index contributed by atoms with van der Waals surface area (Å²) >= 11 is 0. The molecule has 0 heterocycles. The Morgan fingerprint density at radius 2 is 1.24 bits per heavy atom. The Kier molecular flexibility index (Phi) is 7.51. The molecule has 2 heteroatoms. The lowest BCUT2D eigenvalue weighted by Gasteiger charge is -2.20. The maximum absolute atomic E-state index is 5.46. The van der Waals surface area contributed by atoms with Crippen molar-refractivity contribution in [3.63, 3.8) is 0 Å². The smallest absolute Gasteiger partial charge is 0.129 e. The second kappa shape index (κ2) is 10.8. The Labute approximate surface area is 229 Å². The molecule has 0 bridgehead atoms. The van der Waals surface area contributed by atoms with Gasteiger partial charge in [0.05, 0.1) is 7.11 Å². The van der Waals surface area contributed by atoms with Crippen molar-refractivity contribution in [1.82, 2.24) is 0 Å². The third-order valence-electron chi connectivity index (χ3n) is 7.64. The number of aryl methyl sites for hydroxylation is 2. The largest absolute Gasteiger partial charge is 0.497 e. The first-order valence-electron chi connectivity index (χ1n) is 14.3. The van der Waals surface area contributed by atoms with Crippen LogP contribution >= 0.6 is 0 Å². The highest BCUT2D eigenvalue weighted by molar-refractivity contribution is 6.83. The van der Waals surface area contributed by atoms with Crippen molar-refractivity contribution >= 4 is 40.4 Å². The molecule has 0 aliphatic carbocycles. The fraction of sp³-hybridized carbons (Fsp3) is 0.333. The number of rotatable bonds is 8. The molecule has 0 fully saturated rings. The van der Waals surface area contributed by atoms with Crippen molar-refractivity contribution in [3.8, 4) is 28.3 Å². The lowest BCUT2D eigenvalue weighted by molar-refractivity contribution is 0.415. The zero-order valence-electron chi connectivity index (χ0n) is 23.9. The summed E-state index contributed by atoms with van der Waals surface area (Å²) in [4.78, 5) is 0. The van der Waals surface area contributed by atoms with Crippen LogP contribution in [-0.2, 0) is 12.8 Å². The average Bonchev–Trinajstić information content (AvgIpc) is 2.92. The third-order valence-corrected chi connectivity index (χ3v) is 8.52. The van der Waals surface area contributed by atoms with E-state index < -0.39 is 8.07 Å². The first-order chi connectivity index (χ1) is 18.3. The molecule has 0 aliphatic heterocycles. The van der Waals surface area contributed by atoms with Crippen LogP contribution in [0, 0.1) is 11.5 Å². The molecule has 1 nitrogen and oxygen atoms in total. The normalized spacial score (nSPS) is 11.8. The summed E-state index contributed by atoms with van der Waals surface area (Å²) in [5, 5.41) is 8.26. The van der Waals surface area contributed by atoms with Crippen LogP contribution in [0.2, 0.25) is 19.6 Å². The molecule has 0 aliphatic rings. The number of unbranched alkanes of at least 4 members (excludes halogenated alkanes) is 2. The van der Waals surface area contributed by atoms with Gasteiger partial charge in [-0.05, 0) is 105 Å². The monoisotopic (exact) mass is 516 g/mol. The van der Waals surface area contributed by atoms with E-state index in [0.29, 0.717) is 0 Å². The van der Waals surface area contributed by atoms with Crippen LogP contribution in [0.3, 0.4) is 0 Å². The van der Waals surface area contributed by atoms with Crippen LogP contribution in [-0.4, -0.2) is 15.2 Å². The van der Waals surface area contributed by atoms with Gasteiger partial charge < -0.3 is 4.74 Å². The van der Waals surface area contributed by atoms with Crippen molar-refractivity contribution in [1.29, 1.82) is 0 Å². The van der Waals surface area contributed by atoms with Crippen molar-refractivity contribution < 1.29 is 4.74 Å². The van der Waals surface area contributed by atoms with Gasteiger partial charge in [0.15, 0.2) is 0 Å². The van der Waals surface area contributed by atoms with Crippen molar-refractivity contribution in [2.45, 2.75) is 72.0 Å². The Hall–Kier alpha value is -3.28. The van der Waals surface area contributed by atoms with Crippen molar-refractivity contribution in [2.75, 3.05) is 7.11 Å². The summed E-state index contributed by atoms with van der Waals surface area (Å²) in [6.07, 6.45) is 6.97. The van der Waals surface area contributed by atoms with Crippen LogP contribution in [0.15, 0.2) is 60.7 Å². The van der Waals surface area contributed by atoms with Crippen LogP contribution in [0.4, 0.5) is 0 Å². The van der Waals surface area contributed by atoms with E-state index >= 15 is 0 Å². The zero-order valence-corrected chi connectivity index (χ0v) is 24.9. The number of hydrogen-bond acceptors (Lipinski definition) is 1. The molecule has 0 atom stereocenters. The van der Waals surface area contributed by atoms with E-state index in [1.165, 1.54) is 85.8 Å². The van der Waals surface area contributed by atoms with Gasteiger partial charge in [0.1, 0.15) is 13.8 Å². The van der Waals surface area contributed by atoms with Gasteiger partial charge in [-0.15, -0.1) is 5.54 Å². The molecule has 0 spiro atoms. The van der Waals surface area contributed by atoms with Gasteiger partial charge >= 0.3 is 0 Å². The van der Waals surface area contributed by atoms with E-state index in [1.54, 1.807) is 7.11 Å². The molecular weight excluding hydrogens is 476 g/mol. The van der Waals surface area contributed by atoms with E-state index in [4.69, 9.17) is 4.74 Å². The number of ether oxygens (including phenoxy) is 1. The van der Waals surface area contributed by atoms with Gasteiger partial charge in [-0.2, -0.15) is 0 Å². The maximum Gasteiger partial charge on any atom is 0.129 e. The van der Waals surface area contributed by atoms with Gasteiger partial charge in [0, 0.05) is 5.56 Å². The van der Waals surface area contributed by atoms with Gasteiger partial charge in [-0.25, -0.2) is 0 Å². The van der Waals surface area contributed by atoms with Crippen molar-refractivity contribution in [2.24, 2.45) is 0 Å². The Balaban J connectivity index is 1.89. The van der Waals surface area contributed by atoms with Crippen LogP contribution in [0.25, 0.3) is 43.4 Å². The summed E-state index contributed by atoms with van der Waals surface area (Å²) in [6.45, 7) is 11.5. The first kappa shape index (κ1) is 26.3. The molecule has 0 aromatic heterocycles. The lowest BCUT2D eigenvalue weighted by Crippen LogP contribution is -2.16. The molecule has 5 aromatic carbocycles. The fourth-order valence-electron chi connectivity index (χ4n) is 5.65. The topological polar surface area (TPSA) is 9.23 Å². The predicted octanol–water partition coefficient (Wildman–Crippen LogP) is 10.2. The SMILES string of the molecule is CCCCc1cc(C#C[Si](C)(C)C)c2ccc3c(CCCC)cc(-c4ccc(OC)cc4)c4ccc1c2c34. The van der Waals surface area contributed by atoms with E-state index in [-0.39, 0.29) is 0 Å². The molecule has 0 amide bonds. The highest BCUT2D eigenvalue weighted by atomic mass is 28.3. The minimum absolute atomic E-state index is 0.892. The van der Waals surface area contributed by atoms with Crippen LogP contribution < -0.4 is 4.74 Å². The van der Waals surface area contributed by atoms with Gasteiger partial charge in [0.25, 0.3) is 0 Å². The van der Waals surface area contributed by atoms with Gasteiger partial charge in [0.2, 0.25) is 0 Å². The molecule has 5 aromatic rings. The second-order valence-electron chi connectivity index (χ2n) is 11.7. The molecular formula is C36H40OSi. The van der Waals surface area contributed by atoms with Crippen LogP contribution in [0.1, 0.15) is 56.2 Å². The summed E-state index contributed by atoms with van der Waals surface area (Å²) < 4.78 is 5.46. The van der Waals surface area contributed by atoms with Gasteiger partial charge in [-0.1, -0.05) is 88.6 Å². The summed E-state index contributed by atoms with van der Waals surface area (Å²) in [6, 6.07) is 22.9. The Morgan fingerprint density at radius 1 is 0.684 bits per heavy atom. The highest BCUT2D eigenvalue weighted by Crippen LogP contribution is 2.43. The number of benzene rings is 5. The molecule has 5 rings (SSSR count). The standard InChI is InChI=1S/C36H40OSi/c1-7-9-11-26-23-28(21-22-38(4,5)6)32-18-17-31-27(12-10-8-2)24-34(25-13-15-29(37-3)16-14-25)33-20-19-30(26)35(32)36(31)33/h13-20,23-24H,7-12H2,1-6H3. The summed E-state index contributed by atoms with van der Waals surface area (Å²) in [7, 11) is 0.224. The summed E-state index contributed by atoms with van der Waals surface area (Å²) in [5.41, 5.74) is 10.3. The number of hydrogen-bond donors (Lipinski definition) is 0.